The fourth-order valence-corrected chi connectivity index (χ4v) is 2.29. The molecule has 0 atom stereocenters. The molecule has 3 rings (SSSR count). The van der Waals surface area contributed by atoms with E-state index in [1.54, 1.807) is 17.5 Å². The number of hydrogen-bond donors (Lipinski definition) is 2. The topological polar surface area (TPSA) is 53.6 Å². The molecule has 0 saturated heterocycles. The van der Waals surface area contributed by atoms with Crippen LogP contribution in [0.25, 0.3) is 11.3 Å². The second kappa shape index (κ2) is 5.01. The summed E-state index contributed by atoms with van der Waals surface area (Å²) in [6.07, 6.45) is 3.58. The summed E-state index contributed by atoms with van der Waals surface area (Å²) >= 11 is 1.65. The van der Waals surface area contributed by atoms with Crippen LogP contribution in [-0.2, 0) is 6.54 Å². The standard InChI is InChI=1S/C13H12N4S/c1-2-10(12-4-5-16-17-12)8-11(3-1)15-9-13-14-6-7-18-13/h1-8,15H,9H2,(H,16,17). The first-order chi connectivity index (χ1) is 8.92. The molecule has 0 aliphatic rings. The number of benzene rings is 1. The van der Waals surface area contributed by atoms with E-state index >= 15 is 0 Å². The maximum atomic E-state index is 4.24. The molecule has 0 fully saturated rings. The van der Waals surface area contributed by atoms with Crippen LogP contribution in [0.1, 0.15) is 5.01 Å². The predicted octanol–water partition coefficient (Wildman–Crippen LogP) is 3.15. The molecule has 0 aliphatic heterocycles. The molecule has 1 aromatic carbocycles. The van der Waals surface area contributed by atoms with Gasteiger partial charge in [0.15, 0.2) is 0 Å². The van der Waals surface area contributed by atoms with E-state index in [0.717, 1.165) is 28.5 Å². The predicted molar refractivity (Wildman–Crippen MR) is 73.5 cm³/mol. The van der Waals surface area contributed by atoms with Gasteiger partial charge in [-0.2, -0.15) is 5.10 Å². The van der Waals surface area contributed by atoms with Crippen LogP contribution in [0.2, 0.25) is 0 Å². The summed E-state index contributed by atoms with van der Waals surface area (Å²) in [7, 11) is 0. The number of anilines is 1. The second-order valence-corrected chi connectivity index (χ2v) is 4.81. The van der Waals surface area contributed by atoms with Crippen molar-refractivity contribution in [3.8, 4) is 11.3 Å². The van der Waals surface area contributed by atoms with Crippen molar-refractivity contribution in [1.29, 1.82) is 0 Å². The number of thiazole rings is 1. The van der Waals surface area contributed by atoms with Crippen molar-refractivity contribution >= 4 is 17.0 Å². The van der Waals surface area contributed by atoms with Crippen LogP contribution < -0.4 is 5.32 Å². The van der Waals surface area contributed by atoms with Gasteiger partial charge in [-0.05, 0) is 18.2 Å². The fraction of sp³-hybridized carbons (Fsp3) is 0.0769. The highest BCUT2D eigenvalue weighted by molar-refractivity contribution is 7.09. The van der Waals surface area contributed by atoms with E-state index in [4.69, 9.17) is 0 Å². The summed E-state index contributed by atoms with van der Waals surface area (Å²) in [4.78, 5) is 4.24. The zero-order valence-corrected chi connectivity index (χ0v) is 10.4. The number of nitrogens with zero attached hydrogens (tertiary/aromatic N) is 2. The van der Waals surface area contributed by atoms with Gasteiger partial charge in [-0.1, -0.05) is 12.1 Å². The molecule has 0 aliphatic carbocycles. The van der Waals surface area contributed by atoms with Crippen molar-refractivity contribution in [3.63, 3.8) is 0 Å². The Morgan fingerprint density at radius 2 is 2.22 bits per heavy atom. The quantitative estimate of drug-likeness (QED) is 0.754. The number of aromatic nitrogens is 3. The minimum Gasteiger partial charge on any atom is -0.379 e. The Bertz CT molecular complexity index is 602. The molecule has 2 heterocycles. The number of rotatable bonds is 4. The maximum absolute atomic E-state index is 4.24. The lowest BCUT2D eigenvalue weighted by Crippen LogP contribution is -1.98. The van der Waals surface area contributed by atoms with Gasteiger partial charge in [0.2, 0.25) is 0 Å². The van der Waals surface area contributed by atoms with Crippen LogP contribution in [0.3, 0.4) is 0 Å². The van der Waals surface area contributed by atoms with Crippen molar-refractivity contribution < 1.29 is 0 Å². The Morgan fingerprint density at radius 3 is 3.00 bits per heavy atom. The summed E-state index contributed by atoms with van der Waals surface area (Å²) in [5, 5.41) is 13.4. The first-order valence-electron chi connectivity index (χ1n) is 5.64. The number of nitrogens with one attached hydrogen (secondary N) is 2. The molecular formula is C13H12N4S. The van der Waals surface area contributed by atoms with Gasteiger partial charge in [0.1, 0.15) is 5.01 Å². The van der Waals surface area contributed by atoms with Gasteiger partial charge in [-0.25, -0.2) is 4.98 Å². The molecule has 0 spiro atoms. The number of aromatic amines is 1. The Kier molecular flexibility index (Phi) is 3.06. The number of hydrogen-bond acceptors (Lipinski definition) is 4. The first kappa shape index (κ1) is 11.0. The largest absolute Gasteiger partial charge is 0.379 e. The van der Waals surface area contributed by atoms with Crippen LogP contribution in [0.4, 0.5) is 5.69 Å². The van der Waals surface area contributed by atoms with E-state index in [1.165, 1.54) is 0 Å². The Hall–Kier alpha value is -2.14. The Balaban J connectivity index is 1.75. The third-order valence-corrected chi connectivity index (χ3v) is 3.38. The molecule has 3 aromatic rings. The summed E-state index contributed by atoms with van der Waals surface area (Å²) in [6.45, 7) is 0.754. The van der Waals surface area contributed by atoms with E-state index < -0.39 is 0 Å². The van der Waals surface area contributed by atoms with Gasteiger partial charge in [0.25, 0.3) is 0 Å². The van der Waals surface area contributed by atoms with Crippen molar-refractivity contribution in [2.45, 2.75) is 6.54 Å². The molecule has 0 radical (unpaired) electrons. The molecule has 0 unspecified atom stereocenters. The molecule has 4 nitrogen and oxygen atoms in total. The van der Waals surface area contributed by atoms with Crippen molar-refractivity contribution in [3.05, 3.63) is 53.1 Å². The lowest BCUT2D eigenvalue weighted by atomic mass is 10.1. The van der Waals surface area contributed by atoms with E-state index in [-0.39, 0.29) is 0 Å². The van der Waals surface area contributed by atoms with Crippen molar-refractivity contribution in [2.75, 3.05) is 5.32 Å². The van der Waals surface area contributed by atoms with Crippen molar-refractivity contribution in [2.24, 2.45) is 0 Å². The van der Waals surface area contributed by atoms with E-state index in [1.807, 2.05) is 29.8 Å². The Morgan fingerprint density at radius 1 is 1.22 bits per heavy atom. The van der Waals surface area contributed by atoms with Crippen LogP contribution in [0, 0.1) is 0 Å². The zero-order valence-electron chi connectivity index (χ0n) is 9.63. The van der Waals surface area contributed by atoms with Gasteiger partial charge in [-0.15, -0.1) is 11.3 Å². The molecule has 0 bridgehead atoms. The SMILES string of the molecule is c1cc(NCc2nccs2)cc(-c2ccn[nH]2)c1. The van der Waals surface area contributed by atoms with Gasteiger partial charge in [0.05, 0.1) is 12.2 Å². The highest BCUT2D eigenvalue weighted by Gasteiger charge is 2.01. The van der Waals surface area contributed by atoms with E-state index in [9.17, 15) is 0 Å². The van der Waals surface area contributed by atoms with Crippen LogP contribution in [0.5, 0.6) is 0 Å². The Labute approximate surface area is 109 Å². The maximum Gasteiger partial charge on any atom is 0.112 e. The molecule has 2 aromatic heterocycles. The molecule has 0 saturated carbocycles. The molecular weight excluding hydrogens is 244 g/mol. The lowest BCUT2D eigenvalue weighted by Gasteiger charge is -2.06. The van der Waals surface area contributed by atoms with E-state index in [2.05, 4.69) is 32.6 Å². The molecule has 5 heteroatoms. The lowest BCUT2D eigenvalue weighted by molar-refractivity contribution is 1.09. The molecule has 18 heavy (non-hydrogen) atoms. The number of H-pyrrole nitrogens is 1. The highest BCUT2D eigenvalue weighted by Crippen LogP contribution is 2.20. The van der Waals surface area contributed by atoms with Gasteiger partial charge in [0, 0.05) is 29.0 Å². The van der Waals surface area contributed by atoms with Gasteiger partial charge >= 0.3 is 0 Å². The van der Waals surface area contributed by atoms with Gasteiger partial charge in [-0.3, -0.25) is 5.10 Å². The summed E-state index contributed by atoms with van der Waals surface area (Å²) < 4.78 is 0. The van der Waals surface area contributed by atoms with E-state index in [0.29, 0.717) is 0 Å². The minimum absolute atomic E-state index is 0.754. The monoisotopic (exact) mass is 256 g/mol. The molecule has 0 amide bonds. The van der Waals surface area contributed by atoms with Crippen molar-refractivity contribution in [1.82, 2.24) is 15.2 Å². The third-order valence-electron chi connectivity index (χ3n) is 2.60. The summed E-state index contributed by atoms with van der Waals surface area (Å²) in [5.41, 5.74) is 3.22. The second-order valence-electron chi connectivity index (χ2n) is 3.83. The van der Waals surface area contributed by atoms with Crippen LogP contribution >= 0.6 is 11.3 Å². The van der Waals surface area contributed by atoms with Gasteiger partial charge < -0.3 is 5.32 Å². The fourth-order valence-electron chi connectivity index (χ4n) is 1.73. The summed E-state index contributed by atoms with van der Waals surface area (Å²) in [5.74, 6) is 0. The van der Waals surface area contributed by atoms with Crippen LogP contribution in [-0.4, -0.2) is 15.2 Å². The zero-order chi connectivity index (χ0) is 12.2. The smallest absolute Gasteiger partial charge is 0.112 e. The third kappa shape index (κ3) is 2.41. The summed E-state index contributed by atoms with van der Waals surface area (Å²) in [6, 6.07) is 10.2. The average molecular weight is 256 g/mol. The average Bonchev–Trinajstić information content (AvgIpc) is 3.10. The molecule has 90 valence electrons. The highest BCUT2D eigenvalue weighted by atomic mass is 32.1. The van der Waals surface area contributed by atoms with Crippen LogP contribution in [0.15, 0.2) is 48.1 Å². The minimum atomic E-state index is 0.754. The molecule has 2 N–H and O–H groups in total. The normalized spacial score (nSPS) is 10.4. The first-order valence-corrected chi connectivity index (χ1v) is 6.52.